The molecule has 1 N–H and O–H groups in total. The van der Waals surface area contributed by atoms with Crippen LogP contribution < -0.4 is 19.7 Å². The number of hydrogen-bond donors (Lipinski definition) is 1. The van der Waals surface area contributed by atoms with Gasteiger partial charge in [-0.2, -0.15) is 0 Å². The van der Waals surface area contributed by atoms with Crippen LogP contribution in [0.5, 0.6) is 17.4 Å². The van der Waals surface area contributed by atoms with E-state index in [0.29, 0.717) is 28.9 Å². The lowest BCUT2D eigenvalue weighted by Gasteiger charge is -2.22. The van der Waals surface area contributed by atoms with Gasteiger partial charge in [0.2, 0.25) is 11.6 Å². The molecule has 5 rings (SSSR count). The van der Waals surface area contributed by atoms with Crippen molar-refractivity contribution in [3.8, 4) is 17.4 Å². The molecule has 1 aliphatic heterocycles. The van der Waals surface area contributed by atoms with Gasteiger partial charge in [-0.3, -0.25) is 4.90 Å². The lowest BCUT2D eigenvalue weighted by Crippen LogP contribution is -2.35. The average Bonchev–Trinajstić information content (AvgIpc) is 3.01. The van der Waals surface area contributed by atoms with E-state index in [2.05, 4.69) is 68.4 Å². The fourth-order valence-corrected chi connectivity index (χ4v) is 5.00. The van der Waals surface area contributed by atoms with Crippen molar-refractivity contribution < 1.29 is 14.0 Å². The molecule has 4 heterocycles. The van der Waals surface area contributed by atoms with E-state index in [9.17, 15) is 0 Å². The summed E-state index contributed by atoms with van der Waals surface area (Å²) in [7, 11) is 5.74. The van der Waals surface area contributed by atoms with Crippen LogP contribution in [0, 0.1) is 6.92 Å². The Hall–Kier alpha value is -4.57. The first-order valence-electron chi connectivity index (χ1n) is 14.2. The van der Waals surface area contributed by atoms with Crippen molar-refractivity contribution in [2.24, 2.45) is 0 Å². The molecule has 0 saturated heterocycles. The maximum Gasteiger partial charge on any atom is 0.366 e. The molecule has 10 heteroatoms. The van der Waals surface area contributed by atoms with Crippen molar-refractivity contribution in [3.05, 3.63) is 66.9 Å². The minimum absolute atomic E-state index is 0.352. The van der Waals surface area contributed by atoms with Gasteiger partial charge in [0.25, 0.3) is 0 Å². The van der Waals surface area contributed by atoms with Crippen molar-refractivity contribution >= 4 is 40.1 Å². The van der Waals surface area contributed by atoms with Gasteiger partial charge in [0.1, 0.15) is 30.0 Å². The maximum absolute atomic E-state index is 6.27. The summed E-state index contributed by atoms with van der Waals surface area (Å²) in [6.07, 6.45) is 10.1. The van der Waals surface area contributed by atoms with E-state index in [1.54, 1.807) is 19.5 Å². The first kappa shape index (κ1) is 28.9. The molecule has 1 atom stereocenters. The zero-order valence-electron chi connectivity index (χ0n) is 25.3. The molecule has 1 aliphatic rings. The third-order valence-corrected chi connectivity index (χ3v) is 7.77. The normalized spacial score (nSPS) is 14.3. The molecule has 0 radical (unpaired) electrons. The van der Waals surface area contributed by atoms with Gasteiger partial charge in [-0.25, -0.2) is 19.5 Å². The Morgan fingerprint density at radius 1 is 1.19 bits per heavy atom. The smallest absolute Gasteiger partial charge is 0.366 e. The van der Waals surface area contributed by atoms with E-state index in [1.807, 2.05) is 49.3 Å². The quantitative estimate of drug-likeness (QED) is 0.231. The summed E-state index contributed by atoms with van der Waals surface area (Å²) in [6.45, 7) is 12.9. The number of methoxy groups -OCH3 is 1. The lowest BCUT2D eigenvalue weighted by molar-refractivity contribution is -0.447. The number of ether oxygens (including phenoxy) is 2. The summed E-state index contributed by atoms with van der Waals surface area (Å²) in [5, 5.41) is 4.25. The third kappa shape index (κ3) is 5.89. The maximum atomic E-state index is 6.27. The molecule has 0 saturated carbocycles. The lowest BCUT2D eigenvalue weighted by atomic mass is 9.97. The Bertz CT molecular complexity index is 1640. The number of anilines is 3. The van der Waals surface area contributed by atoms with Crippen LogP contribution in [0.1, 0.15) is 37.3 Å². The monoisotopic (exact) mass is 567 g/mol. The Balaban J connectivity index is 1.43. The largest absolute Gasteiger partial charge is 0.489 e. The summed E-state index contributed by atoms with van der Waals surface area (Å²) in [5.41, 5.74) is 4.72. The summed E-state index contributed by atoms with van der Waals surface area (Å²) in [5.74, 6) is 3.68. The highest BCUT2D eigenvalue weighted by molar-refractivity contribution is 5.97. The molecular formula is C32H39N8O2+. The number of hydrogen-bond acceptors (Lipinski definition) is 9. The minimum atomic E-state index is 0.352. The molecule has 4 aromatic rings. The molecule has 0 bridgehead atoms. The summed E-state index contributed by atoms with van der Waals surface area (Å²) < 4.78 is 14.3. The van der Waals surface area contributed by atoms with E-state index in [4.69, 9.17) is 9.47 Å². The van der Waals surface area contributed by atoms with Gasteiger partial charge in [-0.15, -0.1) is 0 Å². The fraction of sp³-hybridized carbons (Fsp3) is 0.344. The van der Waals surface area contributed by atoms with Crippen molar-refractivity contribution in [3.63, 3.8) is 0 Å². The van der Waals surface area contributed by atoms with Gasteiger partial charge in [0.15, 0.2) is 6.20 Å². The van der Waals surface area contributed by atoms with Crippen molar-refractivity contribution in [2.75, 3.05) is 51.1 Å². The van der Waals surface area contributed by atoms with E-state index < -0.39 is 0 Å². The molecule has 0 amide bonds. The summed E-state index contributed by atoms with van der Waals surface area (Å²) in [4.78, 5) is 22.5. The predicted octanol–water partition coefficient (Wildman–Crippen LogP) is 6.03. The first-order valence-corrected chi connectivity index (χ1v) is 14.2. The second-order valence-corrected chi connectivity index (χ2v) is 10.6. The molecule has 1 aromatic carbocycles. The van der Waals surface area contributed by atoms with Crippen molar-refractivity contribution in [1.29, 1.82) is 0 Å². The Labute approximate surface area is 247 Å². The predicted molar refractivity (Wildman–Crippen MR) is 168 cm³/mol. The molecule has 218 valence electrons. The number of fused-ring (bicyclic) bond motifs is 1. The zero-order chi connectivity index (χ0) is 29.8. The average molecular weight is 568 g/mol. The Morgan fingerprint density at radius 3 is 2.71 bits per heavy atom. The standard InChI is InChI=1S/C32H39N8O2/c1-8-21(3)24-17-28(33-19-26(24)39(6)9-2)42-27-11-10-23(16-22(27)4)37-31-29-25(35-20-36-31)18-34-32(30(29)41-7)40-14-12-38(5)13-15-40/h9-11,14,16-21H,2,8,12-13,15H2,1,3-7H3,(H,35,36,37)/q+1. The van der Waals surface area contributed by atoms with E-state index >= 15 is 0 Å². The number of likely N-dealkylation sites (N-methyl/N-ethyl adjacent to an activating group) is 1. The number of pyridine rings is 2. The van der Waals surface area contributed by atoms with E-state index in [-0.39, 0.29) is 0 Å². The van der Waals surface area contributed by atoms with Crippen LogP contribution in [0.25, 0.3) is 10.9 Å². The number of aryl methyl sites for hydroxylation is 1. The van der Waals surface area contributed by atoms with Crippen LogP contribution in [-0.2, 0) is 0 Å². The minimum Gasteiger partial charge on any atom is -0.489 e. The second kappa shape index (κ2) is 12.5. The van der Waals surface area contributed by atoms with Gasteiger partial charge >= 0.3 is 5.82 Å². The first-order chi connectivity index (χ1) is 20.3. The van der Waals surface area contributed by atoms with Gasteiger partial charge in [-0.05, 0) is 66.8 Å². The van der Waals surface area contributed by atoms with Gasteiger partial charge < -0.3 is 19.7 Å². The van der Waals surface area contributed by atoms with Crippen LogP contribution >= 0.6 is 0 Å². The van der Waals surface area contributed by atoms with Crippen LogP contribution in [0.3, 0.4) is 0 Å². The van der Waals surface area contributed by atoms with Crippen LogP contribution in [0.15, 0.2) is 55.8 Å². The molecule has 42 heavy (non-hydrogen) atoms. The molecule has 1 unspecified atom stereocenters. The highest BCUT2D eigenvalue weighted by Gasteiger charge is 2.26. The Kier molecular flexibility index (Phi) is 8.63. The second-order valence-electron chi connectivity index (χ2n) is 10.6. The fourth-order valence-electron chi connectivity index (χ4n) is 5.00. The highest BCUT2D eigenvalue weighted by Crippen LogP contribution is 2.38. The van der Waals surface area contributed by atoms with Gasteiger partial charge in [0, 0.05) is 25.3 Å². The molecule has 0 aliphatic carbocycles. The number of benzene rings is 1. The van der Waals surface area contributed by atoms with E-state index in [1.165, 1.54) is 11.9 Å². The van der Waals surface area contributed by atoms with Crippen LogP contribution in [0.4, 0.5) is 23.0 Å². The molecule has 0 fully saturated rings. The number of nitrogens with one attached hydrogen (secondary N) is 1. The summed E-state index contributed by atoms with van der Waals surface area (Å²) >= 11 is 0. The number of nitrogens with zero attached hydrogens (tertiary/aromatic N) is 7. The zero-order valence-corrected chi connectivity index (χ0v) is 25.3. The SMILES string of the molecule is C=CN(C)c1cnc(Oc2ccc(Nc3ncnc4cnc([N+]5=CCN(C)CC5)c(OC)c34)cc2C)cc1C(C)CC. The van der Waals surface area contributed by atoms with Crippen molar-refractivity contribution in [1.82, 2.24) is 24.8 Å². The van der Waals surface area contributed by atoms with E-state index in [0.717, 1.165) is 59.9 Å². The van der Waals surface area contributed by atoms with Gasteiger partial charge in [0.05, 0.1) is 37.1 Å². The molecular weight excluding hydrogens is 528 g/mol. The number of aromatic nitrogens is 4. The molecule has 10 nitrogen and oxygen atoms in total. The Morgan fingerprint density at radius 2 is 2.02 bits per heavy atom. The summed E-state index contributed by atoms with van der Waals surface area (Å²) in [6, 6.07) is 7.97. The number of rotatable bonds is 10. The topological polar surface area (TPSA) is 91.5 Å². The highest BCUT2D eigenvalue weighted by atomic mass is 16.5. The van der Waals surface area contributed by atoms with Crippen LogP contribution in [-0.4, -0.2) is 76.5 Å². The van der Waals surface area contributed by atoms with Crippen LogP contribution in [0.2, 0.25) is 0 Å². The van der Waals surface area contributed by atoms with Gasteiger partial charge in [-0.1, -0.05) is 20.4 Å². The molecule has 0 spiro atoms. The van der Waals surface area contributed by atoms with Crippen molar-refractivity contribution in [2.45, 2.75) is 33.1 Å². The molecule has 3 aromatic heterocycles. The third-order valence-electron chi connectivity index (χ3n) is 7.77.